The van der Waals surface area contributed by atoms with E-state index in [0.717, 1.165) is 65.3 Å². The van der Waals surface area contributed by atoms with Gasteiger partial charge < -0.3 is 10.1 Å². The summed E-state index contributed by atoms with van der Waals surface area (Å²) in [6.07, 6.45) is 3.90. The van der Waals surface area contributed by atoms with E-state index in [0.29, 0.717) is 18.7 Å². The zero-order chi connectivity index (χ0) is 24.9. The third-order valence-electron chi connectivity index (χ3n) is 6.13. The van der Waals surface area contributed by atoms with Crippen LogP contribution in [0.15, 0.2) is 55.0 Å². The van der Waals surface area contributed by atoms with Gasteiger partial charge in [-0.1, -0.05) is 49.1 Å². The Hall–Kier alpha value is -4.06. The Balaban J connectivity index is 1.59. The molecule has 8 nitrogen and oxygen atoms in total. The molecule has 0 spiro atoms. The fourth-order valence-electron chi connectivity index (χ4n) is 4.24. The molecule has 36 heavy (non-hydrogen) atoms. The third-order valence-corrected chi connectivity index (χ3v) is 6.13. The number of hydrogen-bond acceptors (Lipinski definition) is 6. The van der Waals surface area contributed by atoms with Crippen molar-refractivity contribution in [3.05, 3.63) is 60.6 Å². The summed E-state index contributed by atoms with van der Waals surface area (Å²) < 4.78 is 7.20. The van der Waals surface area contributed by atoms with Gasteiger partial charge in [-0.2, -0.15) is 5.10 Å². The van der Waals surface area contributed by atoms with Gasteiger partial charge in [0.1, 0.15) is 12.0 Å². The van der Waals surface area contributed by atoms with E-state index in [9.17, 15) is 4.79 Å². The van der Waals surface area contributed by atoms with Gasteiger partial charge in [-0.25, -0.2) is 9.97 Å². The first-order chi connectivity index (χ1) is 17.6. The van der Waals surface area contributed by atoms with Crippen LogP contribution in [0.2, 0.25) is 0 Å². The molecule has 5 rings (SSSR count). The van der Waals surface area contributed by atoms with Crippen molar-refractivity contribution in [3.63, 3.8) is 0 Å². The van der Waals surface area contributed by atoms with Crippen molar-refractivity contribution in [2.24, 2.45) is 7.05 Å². The van der Waals surface area contributed by atoms with E-state index in [4.69, 9.17) is 9.84 Å². The first-order valence-corrected chi connectivity index (χ1v) is 12.1. The van der Waals surface area contributed by atoms with Crippen molar-refractivity contribution in [2.45, 2.75) is 13.3 Å². The Morgan fingerprint density at radius 2 is 1.92 bits per heavy atom. The van der Waals surface area contributed by atoms with Crippen LogP contribution in [-0.4, -0.2) is 63.4 Å². The van der Waals surface area contributed by atoms with Crippen molar-refractivity contribution in [3.8, 4) is 34.4 Å². The Bertz CT molecular complexity index is 1450. The molecule has 0 radical (unpaired) electrons. The number of aryl methyl sites for hydroxylation is 1. The number of rotatable bonds is 5. The summed E-state index contributed by atoms with van der Waals surface area (Å²) >= 11 is 0. The highest BCUT2D eigenvalue weighted by Crippen LogP contribution is 2.35. The lowest BCUT2D eigenvalue weighted by Gasteiger charge is -2.24. The van der Waals surface area contributed by atoms with Crippen LogP contribution in [0.4, 0.5) is 5.69 Å². The monoisotopic (exact) mass is 480 g/mol. The SMILES string of the molecule is CCC(=O)Nc1cc2c(-c3cn(C)nc3-c3ccccc3)ncnc2cc1C#CCN1CCOCC1. The predicted molar refractivity (Wildman–Crippen MR) is 140 cm³/mol. The van der Waals surface area contributed by atoms with E-state index in [1.165, 1.54) is 0 Å². The lowest BCUT2D eigenvalue weighted by Crippen LogP contribution is -2.36. The fraction of sp³-hybridized carbons (Fsp3) is 0.286. The smallest absolute Gasteiger partial charge is 0.224 e. The van der Waals surface area contributed by atoms with Crippen LogP contribution in [0.25, 0.3) is 33.4 Å². The summed E-state index contributed by atoms with van der Waals surface area (Å²) in [6.45, 7) is 5.68. The number of morpholine rings is 1. The molecule has 1 aliphatic heterocycles. The molecule has 0 saturated carbocycles. The molecule has 1 N–H and O–H groups in total. The number of carbonyl (C=O) groups is 1. The minimum atomic E-state index is -0.0738. The largest absolute Gasteiger partial charge is 0.379 e. The normalized spacial score (nSPS) is 13.8. The average Bonchev–Trinajstić information content (AvgIpc) is 3.31. The van der Waals surface area contributed by atoms with Crippen LogP contribution < -0.4 is 5.32 Å². The van der Waals surface area contributed by atoms with Crippen molar-refractivity contribution < 1.29 is 9.53 Å². The summed E-state index contributed by atoms with van der Waals surface area (Å²) in [5.74, 6) is 6.45. The van der Waals surface area contributed by atoms with Crippen LogP contribution in [-0.2, 0) is 16.6 Å². The number of fused-ring (bicyclic) bond motifs is 1. The molecular formula is C28H28N6O2. The first-order valence-electron chi connectivity index (χ1n) is 12.1. The van der Waals surface area contributed by atoms with Crippen LogP contribution in [0.3, 0.4) is 0 Å². The van der Waals surface area contributed by atoms with Crippen molar-refractivity contribution >= 4 is 22.5 Å². The molecule has 8 heteroatoms. The van der Waals surface area contributed by atoms with E-state index in [2.05, 4.69) is 32.0 Å². The van der Waals surface area contributed by atoms with E-state index in [1.807, 2.05) is 62.6 Å². The highest BCUT2D eigenvalue weighted by atomic mass is 16.5. The second-order valence-corrected chi connectivity index (χ2v) is 8.66. The number of ether oxygens (including phenoxy) is 1. The molecule has 4 aromatic rings. The lowest BCUT2D eigenvalue weighted by atomic mass is 10.0. The first kappa shape index (κ1) is 23.7. The maximum Gasteiger partial charge on any atom is 0.224 e. The summed E-state index contributed by atoms with van der Waals surface area (Å²) in [5, 5.41) is 8.55. The maximum absolute atomic E-state index is 12.4. The molecule has 2 aromatic heterocycles. The summed E-state index contributed by atoms with van der Waals surface area (Å²) in [7, 11) is 1.90. The number of anilines is 1. The molecule has 0 aliphatic carbocycles. The number of nitrogens with one attached hydrogen (secondary N) is 1. The maximum atomic E-state index is 12.4. The van der Waals surface area contributed by atoms with Gasteiger partial charge in [-0.15, -0.1) is 0 Å². The molecule has 1 fully saturated rings. The number of aromatic nitrogens is 4. The Labute approximate surface area is 210 Å². The molecule has 1 saturated heterocycles. The molecule has 1 amide bonds. The van der Waals surface area contributed by atoms with Gasteiger partial charge in [-0.05, 0) is 12.1 Å². The number of carbonyl (C=O) groups excluding carboxylic acids is 1. The zero-order valence-corrected chi connectivity index (χ0v) is 20.5. The highest BCUT2D eigenvalue weighted by molar-refractivity contribution is 6.01. The van der Waals surface area contributed by atoms with Crippen LogP contribution >= 0.6 is 0 Å². The van der Waals surface area contributed by atoms with E-state index < -0.39 is 0 Å². The molecule has 1 aliphatic rings. The van der Waals surface area contributed by atoms with Crippen LogP contribution in [0.5, 0.6) is 0 Å². The molecular weight excluding hydrogens is 452 g/mol. The van der Waals surface area contributed by atoms with Gasteiger partial charge in [0.05, 0.1) is 42.2 Å². The molecule has 0 unspecified atom stereocenters. The van der Waals surface area contributed by atoms with Gasteiger partial charge in [0, 0.05) is 49.3 Å². The van der Waals surface area contributed by atoms with E-state index >= 15 is 0 Å². The van der Waals surface area contributed by atoms with Gasteiger partial charge in [-0.3, -0.25) is 14.4 Å². The number of nitrogens with zero attached hydrogens (tertiary/aromatic N) is 5. The topological polar surface area (TPSA) is 85.2 Å². The van der Waals surface area contributed by atoms with E-state index in [1.54, 1.807) is 11.0 Å². The highest BCUT2D eigenvalue weighted by Gasteiger charge is 2.18. The zero-order valence-electron chi connectivity index (χ0n) is 20.5. The standard InChI is InChI=1S/C28H28N6O2/c1-3-26(35)31-24-17-22-25(16-21(24)10-7-11-34-12-14-36-15-13-34)29-19-30-28(22)23-18-33(2)32-27(23)20-8-5-4-6-9-20/h4-6,8-9,16-19H,3,11-15H2,1-2H3,(H,31,35). The lowest BCUT2D eigenvalue weighted by molar-refractivity contribution is -0.115. The van der Waals surface area contributed by atoms with Crippen molar-refractivity contribution in [1.82, 2.24) is 24.6 Å². The number of benzene rings is 2. The summed E-state index contributed by atoms with van der Waals surface area (Å²) in [4.78, 5) is 23.8. The van der Waals surface area contributed by atoms with Gasteiger partial charge in [0.2, 0.25) is 5.91 Å². The van der Waals surface area contributed by atoms with Gasteiger partial charge in [0.25, 0.3) is 0 Å². The summed E-state index contributed by atoms with van der Waals surface area (Å²) in [5.41, 5.74) is 5.65. The summed E-state index contributed by atoms with van der Waals surface area (Å²) in [6, 6.07) is 13.9. The minimum absolute atomic E-state index is 0.0738. The third kappa shape index (κ3) is 5.13. The Morgan fingerprint density at radius 3 is 2.69 bits per heavy atom. The van der Waals surface area contributed by atoms with Gasteiger partial charge >= 0.3 is 0 Å². The molecule has 3 heterocycles. The van der Waals surface area contributed by atoms with Crippen molar-refractivity contribution in [1.29, 1.82) is 0 Å². The molecule has 0 atom stereocenters. The molecule has 182 valence electrons. The second-order valence-electron chi connectivity index (χ2n) is 8.66. The number of amides is 1. The fourth-order valence-corrected chi connectivity index (χ4v) is 4.24. The molecule has 2 aromatic carbocycles. The van der Waals surface area contributed by atoms with Crippen molar-refractivity contribution in [2.75, 3.05) is 38.2 Å². The predicted octanol–water partition coefficient (Wildman–Crippen LogP) is 3.73. The Kier molecular flexibility index (Phi) is 7.03. The van der Waals surface area contributed by atoms with Gasteiger partial charge in [0.15, 0.2) is 0 Å². The second kappa shape index (κ2) is 10.7. The molecule has 0 bridgehead atoms. The minimum Gasteiger partial charge on any atom is -0.379 e. The Morgan fingerprint density at radius 1 is 1.11 bits per heavy atom. The van der Waals surface area contributed by atoms with Crippen LogP contribution in [0, 0.1) is 11.8 Å². The van der Waals surface area contributed by atoms with Crippen LogP contribution in [0.1, 0.15) is 18.9 Å². The van der Waals surface area contributed by atoms with E-state index in [-0.39, 0.29) is 5.91 Å². The average molecular weight is 481 g/mol. The quantitative estimate of drug-likeness (QED) is 0.438. The number of hydrogen-bond donors (Lipinski definition) is 1.